The van der Waals surface area contributed by atoms with Crippen molar-refractivity contribution in [2.75, 3.05) is 0 Å². The second-order valence-electron chi connectivity index (χ2n) is 3.17. The Bertz CT molecular complexity index is 318. The maximum atomic E-state index is 5.31. The molecule has 1 heteroatoms. The molecule has 12 heavy (non-hydrogen) atoms. The fourth-order valence-electron chi connectivity index (χ4n) is 1.32. The van der Waals surface area contributed by atoms with E-state index in [4.69, 9.17) is 6.42 Å². The van der Waals surface area contributed by atoms with E-state index in [0.717, 1.165) is 11.3 Å². The molecule has 1 nitrogen and oxygen atoms in total. The summed E-state index contributed by atoms with van der Waals surface area (Å²) in [6, 6.07) is 2.03. The summed E-state index contributed by atoms with van der Waals surface area (Å²) in [5, 5.41) is 0. The Labute approximate surface area is 73.8 Å². The summed E-state index contributed by atoms with van der Waals surface area (Å²) in [5.41, 5.74) is 3.19. The summed E-state index contributed by atoms with van der Waals surface area (Å²) >= 11 is 0. The first kappa shape index (κ1) is 8.80. The van der Waals surface area contributed by atoms with Gasteiger partial charge < -0.3 is 0 Å². The number of hydrogen-bond donors (Lipinski definition) is 0. The Morgan fingerprint density at radius 2 is 2.17 bits per heavy atom. The van der Waals surface area contributed by atoms with Crippen LogP contribution in [0.5, 0.6) is 0 Å². The Balaban J connectivity index is 3.25. The molecule has 0 atom stereocenters. The van der Waals surface area contributed by atoms with E-state index in [1.165, 1.54) is 5.56 Å². The molecule has 0 aliphatic rings. The molecule has 0 aliphatic heterocycles. The lowest BCUT2D eigenvalue weighted by atomic mass is 9.98. The van der Waals surface area contributed by atoms with Crippen LogP contribution in [-0.4, -0.2) is 4.98 Å². The van der Waals surface area contributed by atoms with Crippen molar-refractivity contribution in [1.82, 2.24) is 4.98 Å². The average molecular weight is 159 g/mol. The summed E-state index contributed by atoms with van der Waals surface area (Å²) in [4.78, 5) is 4.10. The largest absolute Gasteiger partial charge is 0.248 e. The first-order valence-corrected chi connectivity index (χ1v) is 4.09. The number of nitrogens with zero attached hydrogens (tertiary/aromatic N) is 1. The van der Waals surface area contributed by atoms with Crippen LogP contribution in [0.3, 0.4) is 0 Å². The van der Waals surface area contributed by atoms with Crippen molar-refractivity contribution in [2.45, 2.75) is 26.7 Å². The van der Waals surface area contributed by atoms with Crippen molar-refractivity contribution in [3.05, 3.63) is 29.1 Å². The van der Waals surface area contributed by atoms with Gasteiger partial charge in [-0.3, -0.25) is 0 Å². The predicted molar refractivity (Wildman–Crippen MR) is 51.0 cm³/mol. The van der Waals surface area contributed by atoms with Crippen molar-refractivity contribution in [3.8, 4) is 12.3 Å². The quantitative estimate of drug-likeness (QED) is 0.574. The van der Waals surface area contributed by atoms with Gasteiger partial charge >= 0.3 is 0 Å². The maximum absolute atomic E-state index is 5.31. The summed E-state index contributed by atoms with van der Waals surface area (Å²) in [5.74, 6) is 3.09. The van der Waals surface area contributed by atoms with Gasteiger partial charge in [0.25, 0.3) is 0 Å². The zero-order chi connectivity index (χ0) is 9.14. The van der Waals surface area contributed by atoms with Crippen molar-refractivity contribution in [3.63, 3.8) is 0 Å². The van der Waals surface area contributed by atoms with Crippen molar-refractivity contribution in [2.24, 2.45) is 0 Å². The smallest absolute Gasteiger partial charge is 0.116 e. The molecule has 0 radical (unpaired) electrons. The number of pyridine rings is 1. The molecule has 0 saturated heterocycles. The van der Waals surface area contributed by atoms with Crippen LogP contribution < -0.4 is 0 Å². The van der Waals surface area contributed by atoms with Crippen LogP contribution in [0.25, 0.3) is 0 Å². The Hall–Kier alpha value is -1.29. The molecule has 1 rings (SSSR count). The molecule has 0 fully saturated rings. The van der Waals surface area contributed by atoms with E-state index in [1.54, 1.807) is 6.20 Å². The lowest BCUT2D eigenvalue weighted by Gasteiger charge is -2.09. The van der Waals surface area contributed by atoms with E-state index >= 15 is 0 Å². The average Bonchev–Trinajstić information content (AvgIpc) is 2.04. The summed E-state index contributed by atoms with van der Waals surface area (Å²) in [7, 11) is 0. The van der Waals surface area contributed by atoms with Gasteiger partial charge in [0, 0.05) is 6.20 Å². The molecule has 1 aromatic heterocycles. The van der Waals surface area contributed by atoms with Crippen LogP contribution in [0.2, 0.25) is 0 Å². The molecule has 1 aromatic rings. The molecule has 1 heterocycles. The molecule has 0 bridgehead atoms. The topological polar surface area (TPSA) is 12.9 Å². The van der Waals surface area contributed by atoms with Gasteiger partial charge in [-0.15, -0.1) is 6.42 Å². The van der Waals surface area contributed by atoms with E-state index in [1.807, 2.05) is 13.0 Å². The van der Waals surface area contributed by atoms with E-state index in [0.29, 0.717) is 5.92 Å². The number of rotatable bonds is 1. The monoisotopic (exact) mass is 159 g/mol. The molecule has 0 amide bonds. The van der Waals surface area contributed by atoms with Gasteiger partial charge in [0.05, 0.1) is 0 Å². The SMILES string of the molecule is C#Cc1nccc(C(C)C)c1C. The standard InChI is InChI=1S/C11H13N/c1-5-11-9(4)10(8(2)3)6-7-12-11/h1,6-8H,2-4H3. The molecule has 0 saturated carbocycles. The fourth-order valence-corrected chi connectivity index (χ4v) is 1.32. The van der Waals surface area contributed by atoms with Crippen molar-refractivity contribution < 1.29 is 0 Å². The highest BCUT2D eigenvalue weighted by Gasteiger charge is 2.05. The first-order valence-electron chi connectivity index (χ1n) is 4.09. The molecule has 0 unspecified atom stereocenters. The Kier molecular flexibility index (Phi) is 2.50. The minimum absolute atomic E-state index is 0.514. The first-order chi connectivity index (χ1) is 5.66. The summed E-state index contributed by atoms with van der Waals surface area (Å²) < 4.78 is 0. The van der Waals surface area contributed by atoms with Gasteiger partial charge in [-0.1, -0.05) is 13.8 Å². The molecule has 0 aromatic carbocycles. The third kappa shape index (κ3) is 1.48. The van der Waals surface area contributed by atoms with E-state index in [-0.39, 0.29) is 0 Å². The zero-order valence-electron chi connectivity index (χ0n) is 7.76. The Morgan fingerprint density at radius 3 is 2.67 bits per heavy atom. The maximum Gasteiger partial charge on any atom is 0.116 e. The molecule has 0 N–H and O–H groups in total. The second kappa shape index (κ2) is 3.40. The van der Waals surface area contributed by atoms with Gasteiger partial charge in [-0.25, -0.2) is 4.98 Å². The molecule has 62 valence electrons. The number of aromatic nitrogens is 1. The van der Waals surface area contributed by atoms with Crippen LogP contribution in [0, 0.1) is 19.3 Å². The number of hydrogen-bond acceptors (Lipinski definition) is 1. The van der Waals surface area contributed by atoms with Gasteiger partial charge in [-0.2, -0.15) is 0 Å². The predicted octanol–water partition coefficient (Wildman–Crippen LogP) is 2.49. The van der Waals surface area contributed by atoms with Crippen LogP contribution in [0.4, 0.5) is 0 Å². The van der Waals surface area contributed by atoms with Crippen molar-refractivity contribution in [1.29, 1.82) is 0 Å². The minimum atomic E-state index is 0.514. The zero-order valence-corrected chi connectivity index (χ0v) is 7.76. The Morgan fingerprint density at radius 1 is 1.50 bits per heavy atom. The highest BCUT2D eigenvalue weighted by atomic mass is 14.7. The van der Waals surface area contributed by atoms with E-state index in [9.17, 15) is 0 Å². The summed E-state index contributed by atoms with van der Waals surface area (Å²) in [6.07, 6.45) is 7.08. The molecule has 0 spiro atoms. The van der Waals surface area contributed by atoms with E-state index in [2.05, 4.69) is 24.8 Å². The lowest BCUT2D eigenvalue weighted by Crippen LogP contribution is -1.96. The normalized spacial score (nSPS) is 9.92. The third-order valence-electron chi connectivity index (χ3n) is 2.00. The van der Waals surface area contributed by atoms with Gasteiger partial charge in [0.2, 0.25) is 0 Å². The van der Waals surface area contributed by atoms with Crippen LogP contribution >= 0.6 is 0 Å². The number of terminal acetylenes is 1. The molecular weight excluding hydrogens is 146 g/mol. The lowest BCUT2D eigenvalue weighted by molar-refractivity contribution is 0.850. The van der Waals surface area contributed by atoms with E-state index < -0.39 is 0 Å². The summed E-state index contributed by atoms with van der Waals surface area (Å²) in [6.45, 7) is 6.34. The molecular formula is C11H13N. The van der Waals surface area contributed by atoms with Gasteiger partial charge in [-0.05, 0) is 36.0 Å². The van der Waals surface area contributed by atoms with Crippen LogP contribution in [0.1, 0.15) is 36.6 Å². The molecule has 0 aliphatic carbocycles. The highest BCUT2D eigenvalue weighted by molar-refractivity contribution is 5.39. The second-order valence-corrected chi connectivity index (χ2v) is 3.17. The van der Waals surface area contributed by atoms with Gasteiger partial charge in [0.15, 0.2) is 0 Å². The third-order valence-corrected chi connectivity index (χ3v) is 2.00. The van der Waals surface area contributed by atoms with Gasteiger partial charge in [0.1, 0.15) is 5.69 Å². The van der Waals surface area contributed by atoms with Crippen LogP contribution in [-0.2, 0) is 0 Å². The fraction of sp³-hybridized carbons (Fsp3) is 0.364. The van der Waals surface area contributed by atoms with Crippen LogP contribution in [0.15, 0.2) is 12.3 Å². The van der Waals surface area contributed by atoms with Crippen molar-refractivity contribution >= 4 is 0 Å². The minimum Gasteiger partial charge on any atom is -0.248 e. The highest BCUT2D eigenvalue weighted by Crippen LogP contribution is 2.19.